The molecule has 22 heavy (non-hydrogen) atoms. The second kappa shape index (κ2) is 9.41. The normalized spacial score (nSPS) is 14.9. The molecule has 0 bridgehead atoms. The lowest BCUT2D eigenvalue weighted by molar-refractivity contribution is 0.123. The van der Waals surface area contributed by atoms with E-state index < -0.39 is 0 Å². The number of hydrogen-bond donors (Lipinski definition) is 2. The predicted octanol–water partition coefficient (Wildman–Crippen LogP) is 2.35. The molecular formula is C17H26FN3O. The Bertz CT molecular complexity index is 457. The highest BCUT2D eigenvalue weighted by molar-refractivity contribution is 5.79. The Morgan fingerprint density at radius 2 is 1.95 bits per heavy atom. The van der Waals surface area contributed by atoms with Gasteiger partial charge >= 0.3 is 0 Å². The van der Waals surface area contributed by atoms with E-state index in [1.54, 1.807) is 7.05 Å². The van der Waals surface area contributed by atoms with E-state index in [1.165, 1.54) is 25.0 Å². The molecule has 0 saturated heterocycles. The first-order valence-electron chi connectivity index (χ1n) is 8.04. The van der Waals surface area contributed by atoms with Crippen LogP contribution in [0.15, 0.2) is 29.3 Å². The highest BCUT2D eigenvalue weighted by Gasteiger charge is 2.20. The van der Waals surface area contributed by atoms with Gasteiger partial charge in [-0.1, -0.05) is 12.1 Å². The van der Waals surface area contributed by atoms with Gasteiger partial charge < -0.3 is 15.4 Å². The van der Waals surface area contributed by atoms with Gasteiger partial charge in [-0.05, 0) is 49.3 Å². The van der Waals surface area contributed by atoms with Gasteiger partial charge in [-0.3, -0.25) is 4.99 Å². The molecule has 1 aliphatic carbocycles. The molecule has 1 aromatic rings. The summed E-state index contributed by atoms with van der Waals surface area (Å²) in [4.78, 5) is 4.18. The quantitative estimate of drug-likeness (QED) is 0.418. The van der Waals surface area contributed by atoms with Crippen molar-refractivity contribution in [1.82, 2.24) is 10.6 Å². The molecule has 0 aliphatic heterocycles. The van der Waals surface area contributed by atoms with Gasteiger partial charge in [0.25, 0.3) is 0 Å². The summed E-state index contributed by atoms with van der Waals surface area (Å²) in [6.45, 7) is 3.34. The van der Waals surface area contributed by atoms with Crippen LogP contribution in [0.2, 0.25) is 0 Å². The summed E-state index contributed by atoms with van der Waals surface area (Å²) in [5.74, 6) is 1.43. The first-order valence-corrected chi connectivity index (χ1v) is 8.04. The molecule has 4 nitrogen and oxygen atoms in total. The van der Waals surface area contributed by atoms with E-state index in [1.807, 2.05) is 12.1 Å². The third-order valence-corrected chi connectivity index (χ3v) is 3.65. The van der Waals surface area contributed by atoms with Crippen LogP contribution in [0.5, 0.6) is 0 Å². The van der Waals surface area contributed by atoms with E-state index in [4.69, 9.17) is 4.74 Å². The fourth-order valence-corrected chi connectivity index (χ4v) is 2.11. The number of ether oxygens (including phenoxy) is 1. The lowest BCUT2D eigenvalue weighted by Gasteiger charge is -2.12. The van der Waals surface area contributed by atoms with Gasteiger partial charge in [-0.25, -0.2) is 4.39 Å². The molecule has 1 fully saturated rings. The molecule has 0 unspecified atom stereocenters. The maximum atomic E-state index is 12.8. The summed E-state index contributed by atoms with van der Waals surface area (Å²) in [5.41, 5.74) is 1.11. The zero-order valence-electron chi connectivity index (χ0n) is 13.3. The first kappa shape index (κ1) is 16.7. The fraction of sp³-hybridized carbons (Fsp3) is 0.588. The third-order valence-electron chi connectivity index (χ3n) is 3.65. The van der Waals surface area contributed by atoms with E-state index in [-0.39, 0.29) is 5.82 Å². The van der Waals surface area contributed by atoms with Crippen molar-refractivity contribution in [2.45, 2.75) is 25.7 Å². The standard InChI is InChI=1S/C17H26FN3O/c1-19-17(20-10-2-12-22-13-15-3-4-15)21-11-9-14-5-7-16(18)8-6-14/h5-8,15H,2-4,9-13H2,1H3,(H2,19,20,21). The van der Waals surface area contributed by atoms with Crippen LogP contribution in [-0.4, -0.2) is 39.3 Å². The van der Waals surface area contributed by atoms with Crippen molar-refractivity contribution in [1.29, 1.82) is 0 Å². The summed E-state index contributed by atoms with van der Waals surface area (Å²) in [7, 11) is 1.76. The van der Waals surface area contributed by atoms with Crippen molar-refractivity contribution in [2.24, 2.45) is 10.9 Å². The minimum Gasteiger partial charge on any atom is -0.381 e. The monoisotopic (exact) mass is 307 g/mol. The number of benzene rings is 1. The molecule has 0 spiro atoms. The highest BCUT2D eigenvalue weighted by atomic mass is 19.1. The Balaban J connectivity index is 1.51. The maximum absolute atomic E-state index is 12.8. The molecule has 0 radical (unpaired) electrons. The van der Waals surface area contributed by atoms with Gasteiger partial charge in [-0.2, -0.15) is 0 Å². The first-order chi connectivity index (χ1) is 10.8. The molecule has 122 valence electrons. The number of nitrogens with one attached hydrogen (secondary N) is 2. The number of guanidine groups is 1. The Kier molecular flexibility index (Phi) is 7.16. The van der Waals surface area contributed by atoms with E-state index in [9.17, 15) is 4.39 Å². The molecule has 0 amide bonds. The molecule has 2 N–H and O–H groups in total. The average Bonchev–Trinajstić information content (AvgIpc) is 3.35. The van der Waals surface area contributed by atoms with Gasteiger partial charge in [0.15, 0.2) is 5.96 Å². The number of nitrogens with zero attached hydrogens (tertiary/aromatic N) is 1. The van der Waals surface area contributed by atoms with E-state index >= 15 is 0 Å². The van der Waals surface area contributed by atoms with Gasteiger partial charge in [0.1, 0.15) is 5.82 Å². The minimum atomic E-state index is -0.196. The largest absolute Gasteiger partial charge is 0.381 e. The van der Waals surface area contributed by atoms with Gasteiger partial charge in [-0.15, -0.1) is 0 Å². The van der Waals surface area contributed by atoms with Crippen molar-refractivity contribution < 1.29 is 9.13 Å². The van der Waals surface area contributed by atoms with E-state index in [0.29, 0.717) is 0 Å². The SMILES string of the molecule is CN=C(NCCCOCC1CC1)NCCc1ccc(F)cc1. The molecular weight excluding hydrogens is 281 g/mol. The number of rotatable bonds is 9. The third kappa shape index (κ3) is 6.89. The van der Waals surface area contributed by atoms with Crippen molar-refractivity contribution in [3.05, 3.63) is 35.6 Å². The topological polar surface area (TPSA) is 45.7 Å². The Morgan fingerprint density at radius 1 is 1.23 bits per heavy atom. The van der Waals surface area contributed by atoms with Gasteiger partial charge in [0.05, 0.1) is 0 Å². The van der Waals surface area contributed by atoms with E-state index in [0.717, 1.165) is 56.6 Å². The number of hydrogen-bond acceptors (Lipinski definition) is 2. The lowest BCUT2D eigenvalue weighted by atomic mass is 10.1. The van der Waals surface area contributed by atoms with Crippen LogP contribution in [0.1, 0.15) is 24.8 Å². The zero-order valence-corrected chi connectivity index (χ0v) is 13.3. The average molecular weight is 307 g/mol. The Morgan fingerprint density at radius 3 is 2.64 bits per heavy atom. The van der Waals surface area contributed by atoms with Crippen molar-refractivity contribution >= 4 is 5.96 Å². The number of aliphatic imine (C=N–C) groups is 1. The number of halogens is 1. The van der Waals surface area contributed by atoms with Crippen molar-refractivity contribution in [3.63, 3.8) is 0 Å². The zero-order chi connectivity index (χ0) is 15.6. The van der Waals surface area contributed by atoms with E-state index in [2.05, 4.69) is 15.6 Å². The Labute approximate surface area is 132 Å². The van der Waals surface area contributed by atoms with Crippen LogP contribution in [0, 0.1) is 11.7 Å². The summed E-state index contributed by atoms with van der Waals surface area (Å²) in [6.07, 6.45) is 4.49. The maximum Gasteiger partial charge on any atom is 0.190 e. The second-order valence-electron chi connectivity index (χ2n) is 5.67. The summed E-state index contributed by atoms with van der Waals surface area (Å²) in [5, 5.41) is 6.52. The van der Waals surface area contributed by atoms with Crippen molar-refractivity contribution in [3.8, 4) is 0 Å². The molecule has 2 rings (SSSR count). The summed E-state index contributed by atoms with van der Waals surface area (Å²) in [6, 6.07) is 6.60. The van der Waals surface area contributed by atoms with Gasteiger partial charge in [0.2, 0.25) is 0 Å². The van der Waals surface area contributed by atoms with Crippen LogP contribution in [0.25, 0.3) is 0 Å². The van der Waals surface area contributed by atoms with Crippen LogP contribution in [0.4, 0.5) is 4.39 Å². The summed E-state index contributed by atoms with van der Waals surface area (Å²) >= 11 is 0. The Hall–Kier alpha value is -1.62. The minimum absolute atomic E-state index is 0.196. The van der Waals surface area contributed by atoms with Crippen LogP contribution in [-0.2, 0) is 11.2 Å². The molecule has 1 aromatic carbocycles. The molecule has 0 aromatic heterocycles. The molecule has 0 heterocycles. The molecule has 0 atom stereocenters. The second-order valence-corrected chi connectivity index (χ2v) is 5.67. The van der Waals surface area contributed by atoms with Crippen molar-refractivity contribution in [2.75, 3.05) is 33.4 Å². The highest BCUT2D eigenvalue weighted by Crippen LogP contribution is 2.28. The van der Waals surface area contributed by atoms with Crippen LogP contribution in [0.3, 0.4) is 0 Å². The molecule has 5 heteroatoms. The summed E-state index contributed by atoms with van der Waals surface area (Å²) < 4.78 is 18.4. The predicted molar refractivity (Wildman–Crippen MR) is 87.6 cm³/mol. The molecule has 1 saturated carbocycles. The lowest BCUT2D eigenvalue weighted by Crippen LogP contribution is -2.39. The van der Waals surface area contributed by atoms with Gasteiger partial charge in [0, 0.05) is 33.4 Å². The fourth-order valence-electron chi connectivity index (χ4n) is 2.11. The van der Waals surface area contributed by atoms with Crippen LogP contribution >= 0.6 is 0 Å². The molecule has 1 aliphatic rings. The smallest absolute Gasteiger partial charge is 0.190 e. The van der Waals surface area contributed by atoms with Crippen LogP contribution < -0.4 is 10.6 Å².